The normalized spacial score (nSPS) is 12.2. The van der Waals surface area contributed by atoms with E-state index in [-0.39, 0.29) is 5.38 Å². The molecule has 0 aliphatic heterocycles. The molecule has 0 N–H and O–H groups in total. The Bertz CT molecular complexity index is 525. The van der Waals surface area contributed by atoms with E-state index in [4.69, 9.17) is 25.5 Å². The van der Waals surface area contributed by atoms with E-state index in [1.165, 1.54) is 0 Å². The van der Waals surface area contributed by atoms with Gasteiger partial charge in [-0.25, -0.2) is 0 Å². The summed E-state index contributed by atoms with van der Waals surface area (Å²) in [6.45, 7) is 0. The van der Waals surface area contributed by atoms with Crippen molar-refractivity contribution in [2.75, 3.05) is 14.2 Å². The summed E-state index contributed by atoms with van der Waals surface area (Å²) in [6, 6.07) is 5.52. The highest BCUT2D eigenvalue weighted by Gasteiger charge is 2.19. The van der Waals surface area contributed by atoms with Crippen LogP contribution < -0.4 is 9.47 Å². The fourth-order valence-corrected chi connectivity index (χ4v) is 2.46. The number of hydrogen-bond donors (Lipinski definition) is 0. The Morgan fingerprint density at radius 2 is 1.94 bits per heavy atom. The van der Waals surface area contributed by atoms with Gasteiger partial charge in [-0.3, -0.25) is 0 Å². The van der Waals surface area contributed by atoms with Gasteiger partial charge in [0.15, 0.2) is 0 Å². The maximum Gasteiger partial charge on any atom is 0.133 e. The molecule has 0 amide bonds. The molecule has 3 nitrogen and oxygen atoms in total. The fourth-order valence-electron chi connectivity index (χ4n) is 1.68. The summed E-state index contributed by atoms with van der Waals surface area (Å²) in [6.07, 6.45) is 3.21. The van der Waals surface area contributed by atoms with Crippen LogP contribution in [0.2, 0.25) is 0 Å². The first-order valence-electron chi connectivity index (χ1n) is 5.25. The molecule has 2 rings (SSSR count). The van der Waals surface area contributed by atoms with E-state index < -0.39 is 0 Å². The third-order valence-electron chi connectivity index (χ3n) is 2.61. The summed E-state index contributed by atoms with van der Waals surface area (Å²) in [4.78, 5) is 0. The molecule has 18 heavy (non-hydrogen) atoms. The van der Waals surface area contributed by atoms with Crippen LogP contribution in [0, 0.1) is 0 Å². The van der Waals surface area contributed by atoms with Crippen molar-refractivity contribution in [3.8, 4) is 11.5 Å². The summed E-state index contributed by atoms with van der Waals surface area (Å²) in [5, 5.41) is -0.347. The van der Waals surface area contributed by atoms with Crippen LogP contribution >= 0.6 is 27.5 Å². The Morgan fingerprint density at radius 1 is 1.22 bits per heavy atom. The molecule has 2 aromatic rings. The number of benzene rings is 1. The molecule has 0 bridgehead atoms. The average molecular weight is 332 g/mol. The van der Waals surface area contributed by atoms with Gasteiger partial charge >= 0.3 is 0 Å². The smallest absolute Gasteiger partial charge is 0.133 e. The fraction of sp³-hybridized carbons (Fsp3) is 0.231. The summed E-state index contributed by atoms with van der Waals surface area (Å²) in [7, 11) is 3.22. The Labute approximate surface area is 119 Å². The maximum atomic E-state index is 6.43. The van der Waals surface area contributed by atoms with Gasteiger partial charge in [0.2, 0.25) is 0 Å². The lowest BCUT2D eigenvalue weighted by molar-refractivity contribution is 0.397. The van der Waals surface area contributed by atoms with Crippen LogP contribution in [0.1, 0.15) is 16.5 Å². The molecule has 0 aliphatic carbocycles. The third-order valence-corrected chi connectivity index (χ3v) is 3.72. The van der Waals surface area contributed by atoms with Crippen molar-refractivity contribution in [2.45, 2.75) is 5.38 Å². The van der Waals surface area contributed by atoms with Gasteiger partial charge in [0.25, 0.3) is 0 Å². The molecular weight excluding hydrogens is 319 g/mol. The predicted octanol–water partition coefficient (Wildman–Crippen LogP) is 4.39. The Kier molecular flexibility index (Phi) is 4.19. The first kappa shape index (κ1) is 13.3. The Balaban J connectivity index is 2.48. The van der Waals surface area contributed by atoms with Crippen LogP contribution in [-0.4, -0.2) is 14.2 Å². The van der Waals surface area contributed by atoms with Gasteiger partial charge < -0.3 is 13.9 Å². The third kappa shape index (κ3) is 2.49. The van der Waals surface area contributed by atoms with Crippen LogP contribution in [0.3, 0.4) is 0 Å². The zero-order valence-electron chi connectivity index (χ0n) is 9.94. The Morgan fingerprint density at radius 3 is 2.50 bits per heavy atom. The van der Waals surface area contributed by atoms with Crippen LogP contribution in [-0.2, 0) is 0 Å². The highest BCUT2D eigenvalue weighted by atomic mass is 79.9. The van der Waals surface area contributed by atoms with Crippen molar-refractivity contribution < 1.29 is 13.9 Å². The Hall–Kier alpha value is -1.13. The second-order valence-corrected chi connectivity index (χ2v) is 4.94. The summed E-state index contributed by atoms with van der Waals surface area (Å²) < 4.78 is 16.5. The zero-order valence-corrected chi connectivity index (χ0v) is 12.3. The summed E-state index contributed by atoms with van der Waals surface area (Å²) in [5.74, 6) is 1.41. The largest absolute Gasteiger partial charge is 0.496 e. The first-order chi connectivity index (χ1) is 8.67. The van der Waals surface area contributed by atoms with Crippen molar-refractivity contribution in [3.05, 3.63) is 46.3 Å². The van der Waals surface area contributed by atoms with Gasteiger partial charge in [-0.2, -0.15) is 0 Å². The number of ether oxygens (including phenoxy) is 2. The van der Waals surface area contributed by atoms with E-state index in [2.05, 4.69) is 15.9 Å². The average Bonchev–Trinajstić information content (AvgIpc) is 2.91. The number of rotatable bonds is 4. The van der Waals surface area contributed by atoms with E-state index in [9.17, 15) is 0 Å². The lowest BCUT2D eigenvalue weighted by Crippen LogP contribution is -1.98. The van der Waals surface area contributed by atoms with Crippen LogP contribution in [0.4, 0.5) is 0 Å². The molecule has 1 aromatic heterocycles. The van der Waals surface area contributed by atoms with Gasteiger partial charge in [0.1, 0.15) is 11.5 Å². The van der Waals surface area contributed by atoms with E-state index in [1.807, 2.05) is 18.2 Å². The number of alkyl halides is 1. The van der Waals surface area contributed by atoms with E-state index in [0.29, 0.717) is 11.5 Å². The molecule has 5 heteroatoms. The molecule has 0 fully saturated rings. The molecular formula is C13H12BrClO3. The number of hydrogen-bond acceptors (Lipinski definition) is 3. The SMILES string of the molecule is COc1cc(C(Cl)c2ccoc2)c(OC)cc1Br. The quantitative estimate of drug-likeness (QED) is 0.779. The molecule has 0 saturated heterocycles. The van der Waals surface area contributed by atoms with Gasteiger partial charge in [-0.05, 0) is 34.1 Å². The van der Waals surface area contributed by atoms with Crippen molar-refractivity contribution in [1.29, 1.82) is 0 Å². The molecule has 0 saturated carbocycles. The molecule has 0 radical (unpaired) electrons. The van der Waals surface area contributed by atoms with Crippen molar-refractivity contribution in [1.82, 2.24) is 0 Å². The van der Waals surface area contributed by atoms with Crippen LogP contribution in [0.15, 0.2) is 39.6 Å². The maximum absolute atomic E-state index is 6.43. The van der Waals surface area contributed by atoms with Gasteiger partial charge in [-0.15, -0.1) is 11.6 Å². The van der Waals surface area contributed by atoms with Crippen LogP contribution in [0.5, 0.6) is 11.5 Å². The molecule has 0 aliphatic rings. The molecule has 1 unspecified atom stereocenters. The minimum absolute atomic E-state index is 0.347. The second-order valence-electron chi connectivity index (χ2n) is 3.65. The molecule has 1 heterocycles. The van der Waals surface area contributed by atoms with Crippen molar-refractivity contribution in [2.24, 2.45) is 0 Å². The van der Waals surface area contributed by atoms with Gasteiger partial charge in [0, 0.05) is 11.1 Å². The van der Waals surface area contributed by atoms with Gasteiger partial charge in [0.05, 0.1) is 36.6 Å². The summed E-state index contributed by atoms with van der Waals surface area (Å²) in [5.41, 5.74) is 1.71. The molecule has 96 valence electrons. The highest BCUT2D eigenvalue weighted by Crippen LogP contribution is 2.40. The van der Waals surface area contributed by atoms with Gasteiger partial charge in [-0.1, -0.05) is 0 Å². The number of methoxy groups -OCH3 is 2. The first-order valence-corrected chi connectivity index (χ1v) is 6.48. The van der Waals surface area contributed by atoms with Crippen molar-refractivity contribution in [3.63, 3.8) is 0 Å². The lowest BCUT2D eigenvalue weighted by Gasteiger charge is -2.15. The second kappa shape index (κ2) is 5.67. The molecule has 1 aromatic carbocycles. The van der Waals surface area contributed by atoms with Crippen molar-refractivity contribution >= 4 is 27.5 Å². The minimum Gasteiger partial charge on any atom is -0.496 e. The topological polar surface area (TPSA) is 31.6 Å². The monoisotopic (exact) mass is 330 g/mol. The molecule has 0 spiro atoms. The van der Waals surface area contributed by atoms with Crippen LogP contribution in [0.25, 0.3) is 0 Å². The zero-order chi connectivity index (χ0) is 13.1. The highest BCUT2D eigenvalue weighted by molar-refractivity contribution is 9.10. The molecule has 1 atom stereocenters. The minimum atomic E-state index is -0.347. The van der Waals surface area contributed by atoms with E-state index >= 15 is 0 Å². The lowest BCUT2D eigenvalue weighted by atomic mass is 10.1. The van der Waals surface area contributed by atoms with E-state index in [0.717, 1.165) is 15.6 Å². The predicted molar refractivity (Wildman–Crippen MR) is 73.7 cm³/mol. The number of halogens is 2. The number of furan rings is 1. The van der Waals surface area contributed by atoms with E-state index in [1.54, 1.807) is 26.7 Å². The summed E-state index contributed by atoms with van der Waals surface area (Å²) >= 11 is 9.84. The standard InChI is InChI=1S/C13H12BrClO3/c1-16-11-6-10(14)12(17-2)5-9(11)13(15)8-3-4-18-7-8/h3-7,13H,1-2H3.